The summed E-state index contributed by atoms with van der Waals surface area (Å²) in [6, 6.07) is 3.80. The first-order valence-corrected chi connectivity index (χ1v) is 7.23. The predicted molar refractivity (Wildman–Crippen MR) is 75.4 cm³/mol. The van der Waals surface area contributed by atoms with Gasteiger partial charge in [0, 0.05) is 17.6 Å². The van der Waals surface area contributed by atoms with Gasteiger partial charge in [-0.15, -0.1) is 0 Å². The molecule has 1 fully saturated rings. The van der Waals surface area contributed by atoms with E-state index in [1.54, 1.807) is 6.07 Å². The smallest absolute Gasteiger partial charge is 0.131 e. The molecule has 0 bridgehead atoms. The minimum Gasteiger partial charge on any atom is -0.394 e. The zero-order chi connectivity index (χ0) is 15.5. The van der Waals surface area contributed by atoms with Crippen molar-refractivity contribution in [3.63, 3.8) is 0 Å². The van der Waals surface area contributed by atoms with Gasteiger partial charge in [-0.25, -0.2) is 8.78 Å². The first-order valence-electron chi connectivity index (χ1n) is 7.23. The van der Waals surface area contributed by atoms with E-state index in [2.05, 4.69) is 12.2 Å². The molecule has 1 saturated carbocycles. The molecule has 0 aromatic heterocycles. The number of nitrogens with one attached hydrogen (secondary N) is 1. The molecule has 1 aromatic carbocycles. The number of rotatable bonds is 4. The lowest BCUT2D eigenvalue weighted by molar-refractivity contribution is 0.0976. The largest absolute Gasteiger partial charge is 0.394 e. The molecule has 2 atom stereocenters. The van der Waals surface area contributed by atoms with Gasteiger partial charge in [0.15, 0.2) is 0 Å². The molecular formula is C16H20F2N2O. The van der Waals surface area contributed by atoms with Crippen LogP contribution in [0.3, 0.4) is 0 Å². The summed E-state index contributed by atoms with van der Waals surface area (Å²) < 4.78 is 27.7. The highest BCUT2D eigenvalue weighted by molar-refractivity contribution is 5.34. The molecule has 5 heteroatoms. The second kappa shape index (κ2) is 6.50. The summed E-state index contributed by atoms with van der Waals surface area (Å²) in [5, 5.41) is 21.5. The van der Waals surface area contributed by atoms with Crippen molar-refractivity contribution in [2.24, 2.45) is 5.92 Å². The van der Waals surface area contributed by atoms with Gasteiger partial charge in [-0.3, -0.25) is 0 Å². The first-order chi connectivity index (χ1) is 9.99. The molecule has 2 unspecified atom stereocenters. The molecular weight excluding hydrogens is 274 g/mol. The molecule has 0 spiro atoms. The molecule has 21 heavy (non-hydrogen) atoms. The fourth-order valence-electron chi connectivity index (χ4n) is 3.13. The second-order valence-electron chi connectivity index (χ2n) is 6.02. The number of nitriles is 1. The van der Waals surface area contributed by atoms with Crippen LogP contribution < -0.4 is 5.32 Å². The molecule has 0 saturated heterocycles. The van der Waals surface area contributed by atoms with Crippen molar-refractivity contribution in [3.05, 3.63) is 34.9 Å². The van der Waals surface area contributed by atoms with Crippen LogP contribution in [0, 0.1) is 28.9 Å². The fourth-order valence-corrected chi connectivity index (χ4v) is 3.13. The average molecular weight is 294 g/mol. The number of aliphatic hydroxyl groups is 1. The van der Waals surface area contributed by atoms with Crippen LogP contribution in [0.2, 0.25) is 0 Å². The fraction of sp³-hybridized carbons (Fsp3) is 0.562. The summed E-state index contributed by atoms with van der Waals surface area (Å²) in [6.07, 6.45) is 3.70. The number of nitrogens with zero attached hydrogens (tertiary/aromatic N) is 1. The van der Waals surface area contributed by atoms with E-state index in [-0.39, 0.29) is 24.3 Å². The molecule has 114 valence electrons. The Morgan fingerprint density at radius 2 is 2.10 bits per heavy atom. The maximum absolute atomic E-state index is 13.9. The minimum atomic E-state index is -0.726. The van der Waals surface area contributed by atoms with Crippen molar-refractivity contribution in [3.8, 4) is 6.07 Å². The number of aliphatic hydroxyl groups excluding tert-OH is 1. The van der Waals surface area contributed by atoms with Crippen molar-refractivity contribution < 1.29 is 13.9 Å². The highest BCUT2D eigenvalue weighted by Gasteiger charge is 2.34. The highest BCUT2D eigenvalue weighted by Crippen LogP contribution is 2.32. The van der Waals surface area contributed by atoms with Gasteiger partial charge in [-0.1, -0.05) is 19.8 Å². The third-order valence-electron chi connectivity index (χ3n) is 4.30. The van der Waals surface area contributed by atoms with E-state index in [0.29, 0.717) is 5.92 Å². The van der Waals surface area contributed by atoms with Gasteiger partial charge in [0.05, 0.1) is 18.2 Å². The van der Waals surface area contributed by atoms with Gasteiger partial charge in [-0.05, 0) is 30.9 Å². The van der Waals surface area contributed by atoms with Crippen molar-refractivity contribution in [1.29, 1.82) is 5.26 Å². The Morgan fingerprint density at radius 3 is 2.62 bits per heavy atom. The second-order valence-corrected chi connectivity index (χ2v) is 6.02. The Bertz CT molecular complexity index is 533. The van der Waals surface area contributed by atoms with E-state index in [4.69, 9.17) is 5.26 Å². The van der Waals surface area contributed by atoms with Crippen LogP contribution in [-0.2, 0) is 6.54 Å². The Morgan fingerprint density at radius 1 is 1.43 bits per heavy atom. The van der Waals surface area contributed by atoms with Crippen LogP contribution in [-0.4, -0.2) is 17.3 Å². The maximum atomic E-state index is 13.9. The summed E-state index contributed by atoms with van der Waals surface area (Å²) in [5.41, 5.74) is -0.582. The lowest BCUT2D eigenvalue weighted by Gasteiger charge is -2.39. The van der Waals surface area contributed by atoms with Crippen molar-refractivity contribution in [2.45, 2.75) is 44.7 Å². The van der Waals surface area contributed by atoms with Crippen LogP contribution in [0.5, 0.6) is 0 Å². The molecule has 0 radical (unpaired) electrons. The van der Waals surface area contributed by atoms with E-state index in [1.165, 1.54) is 0 Å². The maximum Gasteiger partial charge on any atom is 0.131 e. The van der Waals surface area contributed by atoms with Crippen LogP contribution in [0.4, 0.5) is 8.78 Å². The molecule has 1 aliphatic rings. The van der Waals surface area contributed by atoms with Gasteiger partial charge in [0.1, 0.15) is 11.6 Å². The van der Waals surface area contributed by atoms with Crippen LogP contribution >= 0.6 is 0 Å². The molecule has 2 rings (SSSR count). The van der Waals surface area contributed by atoms with Gasteiger partial charge in [0.2, 0.25) is 0 Å². The van der Waals surface area contributed by atoms with Gasteiger partial charge < -0.3 is 10.4 Å². The van der Waals surface area contributed by atoms with E-state index in [9.17, 15) is 13.9 Å². The summed E-state index contributed by atoms with van der Waals surface area (Å²) in [5.74, 6) is -0.971. The predicted octanol–water partition coefficient (Wildman–Crippen LogP) is 2.87. The van der Waals surface area contributed by atoms with Crippen LogP contribution in [0.1, 0.15) is 43.7 Å². The van der Waals surface area contributed by atoms with E-state index < -0.39 is 17.2 Å². The zero-order valence-corrected chi connectivity index (χ0v) is 12.1. The normalized spacial score (nSPS) is 25.6. The van der Waals surface area contributed by atoms with Crippen molar-refractivity contribution in [1.82, 2.24) is 5.32 Å². The van der Waals surface area contributed by atoms with Crippen molar-refractivity contribution in [2.75, 3.05) is 6.61 Å². The summed E-state index contributed by atoms with van der Waals surface area (Å²) in [6.45, 7) is 2.08. The topological polar surface area (TPSA) is 56.0 Å². The SMILES string of the molecule is CC1CCCC(CO)(NCc2c(F)cc(C#N)cc2F)C1. The Kier molecular flexibility index (Phi) is 4.92. The molecule has 0 aliphatic heterocycles. The quantitative estimate of drug-likeness (QED) is 0.898. The van der Waals surface area contributed by atoms with Crippen LogP contribution in [0.15, 0.2) is 12.1 Å². The standard InChI is InChI=1S/C16H20F2N2O/c1-11-3-2-4-16(7-11,10-21)20-9-13-14(17)5-12(8-19)6-15(13)18/h5-6,11,20-21H,2-4,7,9-10H2,1H3. The molecule has 3 nitrogen and oxygen atoms in total. The Balaban J connectivity index is 2.13. The Labute approximate surface area is 123 Å². The summed E-state index contributed by atoms with van der Waals surface area (Å²) >= 11 is 0. The van der Waals surface area contributed by atoms with Gasteiger partial charge in [0.25, 0.3) is 0 Å². The third kappa shape index (κ3) is 3.58. The summed E-state index contributed by atoms with van der Waals surface area (Å²) in [4.78, 5) is 0. The number of hydrogen-bond acceptors (Lipinski definition) is 3. The van der Waals surface area contributed by atoms with E-state index in [0.717, 1.165) is 37.8 Å². The molecule has 0 amide bonds. The number of benzene rings is 1. The number of halogens is 2. The van der Waals surface area contributed by atoms with Gasteiger partial charge >= 0.3 is 0 Å². The molecule has 0 heterocycles. The lowest BCUT2D eigenvalue weighted by Crippen LogP contribution is -2.51. The highest BCUT2D eigenvalue weighted by atomic mass is 19.1. The lowest BCUT2D eigenvalue weighted by atomic mass is 9.76. The first kappa shape index (κ1) is 15.9. The van der Waals surface area contributed by atoms with Crippen LogP contribution in [0.25, 0.3) is 0 Å². The minimum absolute atomic E-state index is 0.0106. The monoisotopic (exact) mass is 294 g/mol. The zero-order valence-electron chi connectivity index (χ0n) is 12.1. The number of hydrogen-bond donors (Lipinski definition) is 2. The van der Waals surface area contributed by atoms with E-state index >= 15 is 0 Å². The Hall–Kier alpha value is -1.51. The molecule has 1 aromatic rings. The average Bonchev–Trinajstić information content (AvgIpc) is 2.46. The summed E-state index contributed by atoms with van der Waals surface area (Å²) in [7, 11) is 0. The van der Waals surface area contributed by atoms with Gasteiger partial charge in [-0.2, -0.15) is 5.26 Å². The van der Waals surface area contributed by atoms with E-state index in [1.807, 2.05) is 0 Å². The third-order valence-corrected chi connectivity index (χ3v) is 4.30. The van der Waals surface area contributed by atoms with Crippen molar-refractivity contribution >= 4 is 0 Å². The molecule has 1 aliphatic carbocycles. The molecule has 2 N–H and O–H groups in total.